The fourth-order valence-electron chi connectivity index (χ4n) is 2.94. The van der Waals surface area contributed by atoms with Gasteiger partial charge in [-0.3, -0.25) is 0 Å². The second kappa shape index (κ2) is 9.17. The predicted octanol–water partition coefficient (Wildman–Crippen LogP) is 4.79. The maximum Gasteiger partial charge on any atom is 0.340 e. The van der Waals surface area contributed by atoms with Crippen molar-refractivity contribution in [3.63, 3.8) is 0 Å². The van der Waals surface area contributed by atoms with E-state index in [2.05, 4.69) is 10.3 Å². The van der Waals surface area contributed by atoms with E-state index in [1.54, 1.807) is 19.2 Å². The van der Waals surface area contributed by atoms with Gasteiger partial charge in [0.1, 0.15) is 11.5 Å². The van der Waals surface area contributed by atoms with Crippen LogP contribution < -0.4 is 14.8 Å². The average Bonchev–Trinajstić information content (AvgIpc) is 3.12. The molecule has 0 saturated carbocycles. The Hall–Kier alpha value is -2.74. The minimum Gasteiger partial charge on any atom is -0.497 e. The zero-order valence-corrected chi connectivity index (χ0v) is 15.9. The van der Waals surface area contributed by atoms with Crippen molar-refractivity contribution in [2.45, 2.75) is 25.3 Å². The number of hydrogen-bond donors (Lipinski definition) is 2. The van der Waals surface area contributed by atoms with Crippen LogP contribution in [0.15, 0.2) is 48.7 Å². The third-order valence-electron chi connectivity index (χ3n) is 4.52. The standard InChI is InChI=1S/C21H22F4N2O2/c1-28-16-5-6-18-15(12-27-19(18)10-16)7-8-26-11-14-3-2-4-17(9-14)29-13-21(24,25)20(22)23/h2-6,9-10,12,20,26-27H,7-8,11,13H2,1H3. The van der Waals surface area contributed by atoms with Gasteiger partial charge in [-0.15, -0.1) is 0 Å². The van der Waals surface area contributed by atoms with E-state index >= 15 is 0 Å². The zero-order valence-electron chi connectivity index (χ0n) is 15.9. The lowest BCUT2D eigenvalue weighted by Crippen LogP contribution is -2.33. The van der Waals surface area contributed by atoms with Gasteiger partial charge in [0.25, 0.3) is 0 Å². The summed E-state index contributed by atoms with van der Waals surface area (Å²) in [7, 11) is 1.62. The van der Waals surface area contributed by atoms with Crippen LogP contribution >= 0.6 is 0 Å². The Labute approximate surface area is 165 Å². The van der Waals surface area contributed by atoms with Crippen molar-refractivity contribution in [2.24, 2.45) is 0 Å². The molecule has 0 bridgehead atoms. The fraction of sp³-hybridized carbons (Fsp3) is 0.333. The van der Waals surface area contributed by atoms with Crippen molar-refractivity contribution < 1.29 is 27.0 Å². The molecule has 0 aliphatic heterocycles. The number of hydrogen-bond acceptors (Lipinski definition) is 3. The molecule has 1 aromatic heterocycles. The largest absolute Gasteiger partial charge is 0.497 e. The van der Waals surface area contributed by atoms with Gasteiger partial charge in [0, 0.05) is 29.7 Å². The number of aromatic nitrogens is 1. The number of methoxy groups -OCH3 is 1. The van der Waals surface area contributed by atoms with Gasteiger partial charge in [0.2, 0.25) is 0 Å². The van der Waals surface area contributed by atoms with Crippen LogP contribution in [0.4, 0.5) is 17.6 Å². The lowest BCUT2D eigenvalue weighted by molar-refractivity contribution is -0.148. The topological polar surface area (TPSA) is 46.3 Å². The first-order valence-corrected chi connectivity index (χ1v) is 9.11. The van der Waals surface area contributed by atoms with E-state index in [9.17, 15) is 17.6 Å². The normalized spacial score (nSPS) is 11.9. The lowest BCUT2D eigenvalue weighted by atomic mass is 10.1. The van der Waals surface area contributed by atoms with Gasteiger partial charge in [0.15, 0.2) is 6.61 Å². The highest BCUT2D eigenvalue weighted by molar-refractivity contribution is 5.84. The molecule has 8 heteroatoms. The Morgan fingerprint density at radius 3 is 2.69 bits per heavy atom. The smallest absolute Gasteiger partial charge is 0.340 e. The number of rotatable bonds is 10. The van der Waals surface area contributed by atoms with Crippen LogP contribution in [0.1, 0.15) is 11.1 Å². The molecule has 0 spiro atoms. The van der Waals surface area contributed by atoms with Crippen molar-refractivity contribution in [1.29, 1.82) is 0 Å². The second-order valence-corrected chi connectivity index (χ2v) is 6.65. The molecule has 1 heterocycles. The summed E-state index contributed by atoms with van der Waals surface area (Å²) in [5.74, 6) is -3.25. The molecule has 0 saturated heterocycles. The van der Waals surface area contributed by atoms with Crippen molar-refractivity contribution in [2.75, 3.05) is 20.3 Å². The van der Waals surface area contributed by atoms with Crippen LogP contribution in [0, 0.1) is 0 Å². The van der Waals surface area contributed by atoms with E-state index in [-0.39, 0.29) is 5.75 Å². The molecule has 29 heavy (non-hydrogen) atoms. The molecule has 0 unspecified atom stereocenters. The Morgan fingerprint density at radius 2 is 1.93 bits per heavy atom. The number of alkyl halides is 4. The van der Waals surface area contributed by atoms with E-state index in [4.69, 9.17) is 9.47 Å². The van der Waals surface area contributed by atoms with Gasteiger partial charge in [-0.1, -0.05) is 12.1 Å². The van der Waals surface area contributed by atoms with E-state index in [0.29, 0.717) is 13.1 Å². The third kappa shape index (κ3) is 5.41. The molecule has 3 aromatic rings. The monoisotopic (exact) mass is 410 g/mol. The van der Waals surface area contributed by atoms with Crippen LogP contribution in [-0.4, -0.2) is 37.6 Å². The van der Waals surface area contributed by atoms with Gasteiger partial charge in [-0.25, -0.2) is 8.78 Å². The average molecular weight is 410 g/mol. The minimum absolute atomic E-state index is 0.134. The molecule has 0 radical (unpaired) electrons. The van der Waals surface area contributed by atoms with E-state index < -0.39 is 19.0 Å². The highest BCUT2D eigenvalue weighted by atomic mass is 19.3. The van der Waals surface area contributed by atoms with Crippen LogP contribution in [-0.2, 0) is 13.0 Å². The first-order valence-electron chi connectivity index (χ1n) is 9.11. The number of aromatic amines is 1. The molecule has 0 aliphatic carbocycles. The molecule has 3 rings (SSSR count). The highest BCUT2D eigenvalue weighted by Gasteiger charge is 2.41. The quantitative estimate of drug-likeness (QED) is 0.373. The lowest BCUT2D eigenvalue weighted by Gasteiger charge is -2.16. The summed E-state index contributed by atoms with van der Waals surface area (Å²) in [6.07, 6.45) is -0.995. The molecule has 0 amide bonds. The maximum absolute atomic E-state index is 13.0. The number of nitrogens with one attached hydrogen (secondary N) is 2. The van der Waals surface area contributed by atoms with E-state index in [1.807, 2.05) is 30.5 Å². The number of fused-ring (bicyclic) bond motifs is 1. The predicted molar refractivity (Wildman–Crippen MR) is 103 cm³/mol. The Morgan fingerprint density at radius 1 is 1.10 bits per heavy atom. The first kappa shape index (κ1) is 21.0. The van der Waals surface area contributed by atoms with Gasteiger partial charge < -0.3 is 19.8 Å². The van der Waals surface area contributed by atoms with E-state index in [0.717, 1.165) is 28.6 Å². The van der Waals surface area contributed by atoms with Crippen LogP contribution in [0.3, 0.4) is 0 Å². The van der Waals surface area contributed by atoms with Gasteiger partial charge in [-0.05, 0) is 48.4 Å². The summed E-state index contributed by atoms with van der Waals surface area (Å²) in [6.45, 7) is -0.154. The molecule has 156 valence electrons. The minimum atomic E-state index is -4.17. The third-order valence-corrected chi connectivity index (χ3v) is 4.52. The zero-order chi connectivity index (χ0) is 20.9. The molecular formula is C21H22F4N2O2. The molecule has 0 aliphatic rings. The summed E-state index contributed by atoms with van der Waals surface area (Å²) in [5, 5.41) is 4.41. The molecule has 0 fully saturated rings. The maximum atomic E-state index is 13.0. The summed E-state index contributed by atoms with van der Waals surface area (Å²) >= 11 is 0. The first-order chi connectivity index (χ1) is 13.9. The summed E-state index contributed by atoms with van der Waals surface area (Å²) < 4.78 is 60.4. The van der Waals surface area contributed by atoms with E-state index in [1.165, 1.54) is 11.6 Å². The van der Waals surface area contributed by atoms with Crippen molar-refractivity contribution >= 4 is 10.9 Å². The number of ether oxygens (including phenoxy) is 2. The Balaban J connectivity index is 1.50. The van der Waals surface area contributed by atoms with Gasteiger partial charge in [-0.2, -0.15) is 8.78 Å². The molecule has 0 atom stereocenters. The van der Waals surface area contributed by atoms with Crippen molar-refractivity contribution in [3.8, 4) is 11.5 Å². The van der Waals surface area contributed by atoms with Gasteiger partial charge in [0.05, 0.1) is 7.11 Å². The summed E-state index contributed by atoms with van der Waals surface area (Å²) in [4.78, 5) is 3.22. The van der Waals surface area contributed by atoms with Crippen molar-refractivity contribution in [3.05, 3.63) is 59.8 Å². The summed E-state index contributed by atoms with van der Waals surface area (Å²) in [6, 6.07) is 12.3. The number of halogens is 4. The Bertz CT molecular complexity index is 943. The second-order valence-electron chi connectivity index (χ2n) is 6.65. The van der Waals surface area contributed by atoms with Crippen molar-refractivity contribution in [1.82, 2.24) is 10.3 Å². The number of benzene rings is 2. The molecule has 2 N–H and O–H groups in total. The van der Waals surface area contributed by atoms with Crippen LogP contribution in [0.2, 0.25) is 0 Å². The van der Waals surface area contributed by atoms with Crippen LogP contribution in [0.5, 0.6) is 11.5 Å². The molecule has 4 nitrogen and oxygen atoms in total. The van der Waals surface area contributed by atoms with Gasteiger partial charge >= 0.3 is 12.3 Å². The fourth-order valence-corrected chi connectivity index (χ4v) is 2.94. The molecular weight excluding hydrogens is 388 g/mol. The Kier molecular flexibility index (Phi) is 6.64. The highest BCUT2D eigenvalue weighted by Crippen LogP contribution is 2.25. The summed E-state index contributed by atoms with van der Waals surface area (Å²) in [5.41, 5.74) is 2.98. The number of H-pyrrole nitrogens is 1. The van der Waals surface area contributed by atoms with Crippen LogP contribution in [0.25, 0.3) is 10.9 Å². The molecule has 2 aromatic carbocycles. The SMILES string of the molecule is COc1ccc2c(CCNCc3cccc(OCC(F)(F)C(F)F)c3)c[nH]c2c1.